The minimum atomic E-state index is -0.673. The lowest BCUT2D eigenvalue weighted by Gasteiger charge is -2.10. The number of ether oxygens (including phenoxy) is 2. The van der Waals surface area contributed by atoms with E-state index in [1.165, 1.54) is 0 Å². The number of hydrogen-bond donors (Lipinski definition) is 2. The number of carbonyl (C=O) groups excluding carboxylic acids is 1. The predicted octanol–water partition coefficient (Wildman–Crippen LogP) is 2.18. The normalized spacial score (nSPS) is 12.1. The molecule has 4 rings (SSSR count). The Hall–Kier alpha value is -3.81. The van der Waals surface area contributed by atoms with E-state index in [9.17, 15) is 14.4 Å². The van der Waals surface area contributed by atoms with Crippen LogP contribution in [0.5, 0.6) is 11.5 Å². The van der Waals surface area contributed by atoms with E-state index < -0.39 is 17.2 Å². The quantitative estimate of drug-likeness (QED) is 0.707. The summed E-state index contributed by atoms with van der Waals surface area (Å²) in [6.07, 6.45) is 1.14. The molecule has 8 nitrogen and oxygen atoms in total. The van der Waals surface area contributed by atoms with Crippen LogP contribution in [-0.4, -0.2) is 22.3 Å². The molecule has 0 saturated heterocycles. The number of aromatic nitrogens is 2. The number of aromatic amines is 1. The number of hydrogen-bond acceptors (Lipinski definition) is 5. The smallest absolute Gasteiger partial charge is 0.328 e. The summed E-state index contributed by atoms with van der Waals surface area (Å²) in [6, 6.07) is 10.7. The fraction of sp³-hybridized carbons (Fsp3) is 0.190. The molecule has 0 spiro atoms. The van der Waals surface area contributed by atoms with Crippen molar-refractivity contribution in [3.8, 4) is 11.5 Å². The van der Waals surface area contributed by atoms with Crippen LogP contribution in [0.2, 0.25) is 0 Å². The molecule has 1 aliphatic rings. The molecular weight excluding hydrogens is 374 g/mol. The predicted molar refractivity (Wildman–Crippen MR) is 107 cm³/mol. The zero-order valence-corrected chi connectivity index (χ0v) is 15.9. The standard InChI is InChI=1S/C21H19N3O5/c1-12-3-5-16(13(2)7-12)23-19(25)15-9-22-21(27)24(20(15)26)10-14-4-6-17-18(8-14)29-11-28-17/h3-9H,10-11H2,1-2H3,(H,22,27)(H,23,25). The molecule has 3 aromatic rings. The van der Waals surface area contributed by atoms with Crippen LogP contribution in [0.25, 0.3) is 0 Å². The Labute approximate surface area is 165 Å². The summed E-state index contributed by atoms with van der Waals surface area (Å²) in [4.78, 5) is 40.2. The second-order valence-corrected chi connectivity index (χ2v) is 6.86. The number of amides is 1. The monoisotopic (exact) mass is 393 g/mol. The number of H-pyrrole nitrogens is 1. The Balaban J connectivity index is 1.63. The molecule has 2 heterocycles. The maximum absolute atomic E-state index is 12.8. The third kappa shape index (κ3) is 3.64. The van der Waals surface area contributed by atoms with Gasteiger partial charge in [0.2, 0.25) is 6.79 Å². The lowest BCUT2D eigenvalue weighted by Crippen LogP contribution is -2.39. The first-order chi connectivity index (χ1) is 13.9. The second-order valence-electron chi connectivity index (χ2n) is 6.86. The molecule has 2 aromatic carbocycles. The average molecular weight is 393 g/mol. The van der Waals surface area contributed by atoms with E-state index in [0.29, 0.717) is 22.7 Å². The summed E-state index contributed by atoms with van der Waals surface area (Å²) >= 11 is 0. The third-order valence-corrected chi connectivity index (χ3v) is 4.71. The molecule has 0 bridgehead atoms. The van der Waals surface area contributed by atoms with Gasteiger partial charge < -0.3 is 19.8 Å². The van der Waals surface area contributed by atoms with Crippen molar-refractivity contribution < 1.29 is 14.3 Å². The van der Waals surface area contributed by atoms with E-state index in [-0.39, 0.29) is 18.9 Å². The van der Waals surface area contributed by atoms with Crippen molar-refractivity contribution in [3.63, 3.8) is 0 Å². The third-order valence-electron chi connectivity index (χ3n) is 4.71. The average Bonchev–Trinajstić information content (AvgIpc) is 3.15. The number of carbonyl (C=O) groups is 1. The highest BCUT2D eigenvalue weighted by molar-refractivity contribution is 6.04. The zero-order chi connectivity index (χ0) is 20.5. The van der Waals surface area contributed by atoms with Gasteiger partial charge in [-0.25, -0.2) is 4.79 Å². The van der Waals surface area contributed by atoms with Crippen LogP contribution in [0.15, 0.2) is 52.2 Å². The van der Waals surface area contributed by atoms with Gasteiger partial charge in [-0.15, -0.1) is 0 Å². The van der Waals surface area contributed by atoms with Crippen LogP contribution in [0.1, 0.15) is 27.0 Å². The second kappa shape index (κ2) is 7.31. The van der Waals surface area contributed by atoms with Gasteiger partial charge in [0, 0.05) is 11.9 Å². The minimum Gasteiger partial charge on any atom is -0.454 e. The number of fused-ring (bicyclic) bond motifs is 1. The molecular formula is C21H19N3O5. The lowest BCUT2D eigenvalue weighted by atomic mass is 10.1. The van der Waals surface area contributed by atoms with Crippen LogP contribution < -0.4 is 26.0 Å². The summed E-state index contributed by atoms with van der Waals surface area (Å²) in [5, 5.41) is 2.73. The molecule has 8 heteroatoms. The number of anilines is 1. The summed E-state index contributed by atoms with van der Waals surface area (Å²) in [5.74, 6) is 0.574. The fourth-order valence-corrected chi connectivity index (χ4v) is 3.18. The van der Waals surface area contributed by atoms with Gasteiger partial charge in [0.05, 0.1) is 6.54 Å². The summed E-state index contributed by atoms with van der Waals surface area (Å²) in [7, 11) is 0. The number of benzene rings is 2. The Morgan fingerprint density at radius 2 is 1.90 bits per heavy atom. The number of nitrogens with one attached hydrogen (secondary N) is 2. The molecule has 0 saturated carbocycles. The molecule has 2 N–H and O–H groups in total. The van der Waals surface area contributed by atoms with Gasteiger partial charge in [-0.3, -0.25) is 14.2 Å². The van der Waals surface area contributed by atoms with Gasteiger partial charge >= 0.3 is 5.69 Å². The number of aryl methyl sites for hydroxylation is 2. The Morgan fingerprint density at radius 1 is 1.10 bits per heavy atom. The van der Waals surface area contributed by atoms with E-state index >= 15 is 0 Å². The van der Waals surface area contributed by atoms with E-state index in [4.69, 9.17) is 9.47 Å². The highest BCUT2D eigenvalue weighted by atomic mass is 16.7. The van der Waals surface area contributed by atoms with Gasteiger partial charge in [-0.1, -0.05) is 23.8 Å². The molecule has 148 valence electrons. The molecule has 0 atom stereocenters. The highest BCUT2D eigenvalue weighted by Crippen LogP contribution is 2.32. The van der Waals surface area contributed by atoms with Gasteiger partial charge in [-0.2, -0.15) is 0 Å². The van der Waals surface area contributed by atoms with Crippen LogP contribution in [0.3, 0.4) is 0 Å². The van der Waals surface area contributed by atoms with Gasteiger partial charge in [0.15, 0.2) is 11.5 Å². The first-order valence-corrected chi connectivity index (χ1v) is 9.02. The van der Waals surface area contributed by atoms with Gasteiger partial charge in [-0.05, 0) is 43.2 Å². The van der Waals surface area contributed by atoms with Crippen molar-refractivity contribution in [2.75, 3.05) is 12.1 Å². The summed E-state index contributed by atoms with van der Waals surface area (Å²) < 4.78 is 11.6. The lowest BCUT2D eigenvalue weighted by molar-refractivity contribution is 0.102. The van der Waals surface area contributed by atoms with Crippen LogP contribution >= 0.6 is 0 Å². The number of nitrogens with zero attached hydrogens (tertiary/aromatic N) is 1. The zero-order valence-electron chi connectivity index (χ0n) is 15.9. The first kappa shape index (κ1) is 18.5. The Bertz CT molecular complexity index is 1230. The van der Waals surface area contributed by atoms with Gasteiger partial charge in [0.1, 0.15) is 5.56 Å². The van der Waals surface area contributed by atoms with Crippen LogP contribution in [0.4, 0.5) is 5.69 Å². The first-order valence-electron chi connectivity index (χ1n) is 9.02. The number of rotatable bonds is 4. The molecule has 0 fully saturated rings. The molecule has 0 unspecified atom stereocenters. The Kier molecular flexibility index (Phi) is 4.67. The van der Waals surface area contributed by atoms with Crippen LogP contribution in [0, 0.1) is 13.8 Å². The molecule has 0 aliphatic carbocycles. The largest absolute Gasteiger partial charge is 0.454 e. The molecule has 1 aliphatic heterocycles. The molecule has 0 radical (unpaired) electrons. The Morgan fingerprint density at radius 3 is 2.69 bits per heavy atom. The summed E-state index contributed by atoms with van der Waals surface area (Å²) in [5.41, 5.74) is 1.80. The SMILES string of the molecule is Cc1ccc(NC(=O)c2c[nH]c(=O)n(Cc3ccc4c(c3)OCO4)c2=O)c(C)c1. The van der Waals surface area contributed by atoms with E-state index in [1.54, 1.807) is 24.3 Å². The topological polar surface area (TPSA) is 102 Å². The van der Waals surface area contributed by atoms with Crippen molar-refractivity contribution >= 4 is 11.6 Å². The summed E-state index contributed by atoms with van der Waals surface area (Å²) in [6.45, 7) is 3.95. The maximum atomic E-state index is 12.8. The molecule has 29 heavy (non-hydrogen) atoms. The fourth-order valence-electron chi connectivity index (χ4n) is 3.18. The van der Waals surface area contributed by atoms with E-state index in [2.05, 4.69) is 10.3 Å². The van der Waals surface area contributed by atoms with Gasteiger partial charge in [0.25, 0.3) is 11.5 Å². The maximum Gasteiger partial charge on any atom is 0.328 e. The van der Waals surface area contributed by atoms with E-state index in [1.807, 2.05) is 26.0 Å². The van der Waals surface area contributed by atoms with Crippen molar-refractivity contribution in [1.82, 2.24) is 9.55 Å². The van der Waals surface area contributed by atoms with Crippen molar-refractivity contribution in [3.05, 3.63) is 85.7 Å². The van der Waals surface area contributed by atoms with E-state index in [0.717, 1.165) is 21.9 Å². The minimum absolute atomic E-state index is 0.00448. The van der Waals surface area contributed by atoms with Crippen molar-refractivity contribution in [1.29, 1.82) is 0 Å². The highest BCUT2D eigenvalue weighted by Gasteiger charge is 2.18. The van der Waals surface area contributed by atoms with Crippen molar-refractivity contribution in [2.45, 2.75) is 20.4 Å². The molecule has 1 amide bonds. The van der Waals surface area contributed by atoms with Crippen molar-refractivity contribution in [2.24, 2.45) is 0 Å². The van der Waals surface area contributed by atoms with Crippen LogP contribution in [-0.2, 0) is 6.54 Å². The molecule has 1 aromatic heterocycles.